The first-order valence-electron chi connectivity index (χ1n) is 5.70. The summed E-state index contributed by atoms with van der Waals surface area (Å²) in [4.78, 5) is 0. The van der Waals surface area contributed by atoms with E-state index in [1.807, 2.05) is 0 Å². The summed E-state index contributed by atoms with van der Waals surface area (Å²) in [6, 6.07) is 0.109. The highest BCUT2D eigenvalue weighted by Gasteiger charge is 2.19. The molecule has 84 valence electrons. The minimum absolute atomic E-state index is 0.109. The summed E-state index contributed by atoms with van der Waals surface area (Å²) >= 11 is 0. The lowest BCUT2D eigenvalue weighted by atomic mass is 10.1. The standard InChI is InChI=1S/C11H23NOS/c1-9(2)11(12)8-14(13)7-10-5-3-4-6-10/h9-11H,3-8,12H2,1-2H3. The zero-order valence-corrected chi connectivity index (χ0v) is 10.2. The first-order valence-corrected chi connectivity index (χ1v) is 7.19. The zero-order chi connectivity index (χ0) is 10.6. The summed E-state index contributed by atoms with van der Waals surface area (Å²) in [6.45, 7) is 4.19. The van der Waals surface area contributed by atoms with Crippen LogP contribution in [-0.4, -0.2) is 21.8 Å². The Morgan fingerprint density at radius 1 is 1.36 bits per heavy atom. The molecule has 2 N–H and O–H groups in total. The second kappa shape index (κ2) is 5.86. The van der Waals surface area contributed by atoms with Gasteiger partial charge in [-0.25, -0.2) is 0 Å². The molecule has 0 bridgehead atoms. The average Bonchev–Trinajstić information content (AvgIpc) is 2.56. The topological polar surface area (TPSA) is 43.1 Å². The summed E-state index contributed by atoms with van der Waals surface area (Å²) in [5.74, 6) is 2.74. The van der Waals surface area contributed by atoms with Crippen LogP contribution in [0.1, 0.15) is 39.5 Å². The number of hydrogen-bond donors (Lipinski definition) is 1. The van der Waals surface area contributed by atoms with E-state index in [0.29, 0.717) is 11.7 Å². The van der Waals surface area contributed by atoms with Crippen LogP contribution in [0.15, 0.2) is 0 Å². The molecule has 1 aliphatic rings. The van der Waals surface area contributed by atoms with Gasteiger partial charge < -0.3 is 5.73 Å². The van der Waals surface area contributed by atoms with Crippen LogP contribution in [0.5, 0.6) is 0 Å². The highest BCUT2D eigenvalue weighted by Crippen LogP contribution is 2.25. The summed E-state index contributed by atoms with van der Waals surface area (Å²) in [7, 11) is -0.686. The van der Waals surface area contributed by atoms with E-state index in [0.717, 1.165) is 11.7 Å². The second-order valence-corrected chi connectivity index (χ2v) is 6.38. The van der Waals surface area contributed by atoms with E-state index in [-0.39, 0.29) is 6.04 Å². The summed E-state index contributed by atoms with van der Waals surface area (Å²) in [5, 5.41) is 0. The van der Waals surface area contributed by atoms with Crippen LogP contribution in [0.25, 0.3) is 0 Å². The molecule has 0 aromatic heterocycles. The van der Waals surface area contributed by atoms with Crippen LogP contribution in [0.3, 0.4) is 0 Å². The van der Waals surface area contributed by atoms with Crippen molar-refractivity contribution in [2.24, 2.45) is 17.6 Å². The predicted octanol–water partition coefficient (Wildman–Crippen LogP) is 1.91. The van der Waals surface area contributed by atoms with Gasteiger partial charge in [-0.05, 0) is 24.7 Å². The molecule has 14 heavy (non-hydrogen) atoms. The van der Waals surface area contributed by atoms with E-state index in [1.165, 1.54) is 25.7 Å². The maximum atomic E-state index is 11.7. The van der Waals surface area contributed by atoms with Gasteiger partial charge in [0, 0.05) is 28.3 Å². The van der Waals surface area contributed by atoms with Crippen molar-refractivity contribution in [3.8, 4) is 0 Å². The maximum Gasteiger partial charge on any atom is 0.0389 e. The van der Waals surface area contributed by atoms with Crippen molar-refractivity contribution in [1.82, 2.24) is 0 Å². The molecule has 2 nitrogen and oxygen atoms in total. The maximum absolute atomic E-state index is 11.7. The Morgan fingerprint density at radius 3 is 2.43 bits per heavy atom. The molecular formula is C11H23NOS. The van der Waals surface area contributed by atoms with Crippen LogP contribution < -0.4 is 5.73 Å². The predicted molar refractivity (Wildman–Crippen MR) is 62.6 cm³/mol. The van der Waals surface area contributed by atoms with Crippen molar-refractivity contribution in [1.29, 1.82) is 0 Å². The van der Waals surface area contributed by atoms with Gasteiger partial charge in [0.2, 0.25) is 0 Å². The van der Waals surface area contributed by atoms with Crippen molar-refractivity contribution in [2.75, 3.05) is 11.5 Å². The number of hydrogen-bond acceptors (Lipinski definition) is 2. The molecule has 0 spiro atoms. The smallest absolute Gasteiger partial charge is 0.0389 e. The SMILES string of the molecule is CC(C)C(N)CS(=O)CC1CCCC1. The molecule has 0 aliphatic heterocycles. The molecule has 1 rings (SSSR count). The molecule has 1 saturated carbocycles. The molecule has 2 unspecified atom stereocenters. The quantitative estimate of drug-likeness (QED) is 0.764. The first kappa shape index (κ1) is 12.2. The van der Waals surface area contributed by atoms with Gasteiger partial charge in [-0.2, -0.15) is 0 Å². The fourth-order valence-corrected chi connectivity index (χ4v) is 3.72. The molecule has 0 aromatic rings. The van der Waals surface area contributed by atoms with Gasteiger partial charge in [-0.15, -0.1) is 0 Å². The Kier molecular flexibility index (Phi) is 5.10. The van der Waals surface area contributed by atoms with Gasteiger partial charge in [0.25, 0.3) is 0 Å². The minimum Gasteiger partial charge on any atom is -0.327 e. The minimum atomic E-state index is -0.686. The molecule has 3 heteroatoms. The van der Waals surface area contributed by atoms with Gasteiger partial charge in [0.15, 0.2) is 0 Å². The van der Waals surface area contributed by atoms with Crippen molar-refractivity contribution in [3.63, 3.8) is 0 Å². The van der Waals surface area contributed by atoms with E-state index in [2.05, 4.69) is 13.8 Å². The molecule has 0 saturated heterocycles. The molecular weight excluding hydrogens is 194 g/mol. The van der Waals surface area contributed by atoms with Gasteiger partial charge >= 0.3 is 0 Å². The molecule has 0 heterocycles. The third kappa shape index (κ3) is 4.09. The first-order chi connectivity index (χ1) is 6.59. The van der Waals surface area contributed by atoms with E-state index in [9.17, 15) is 4.21 Å². The third-order valence-electron chi connectivity index (χ3n) is 3.13. The molecule has 0 aromatic carbocycles. The molecule has 0 radical (unpaired) electrons. The van der Waals surface area contributed by atoms with Crippen LogP contribution >= 0.6 is 0 Å². The Morgan fingerprint density at radius 2 is 1.93 bits per heavy atom. The van der Waals surface area contributed by atoms with Gasteiger partial charge in [0.05, 0.1) is 0 Å². The van der Waals surface area contributed by atoms with E-state index >= 15 is 0 Å². The Balaban J connectivity index is 2.21. The lowest BCUT2D eigenvalue weighted by Gasteiger charge is -2.16. The largest absolute Gasteiger partial charge is 0.327 e. The fourth-order valence-electron chi connectivity index (χ4n) is 1.92. The Hall–Kier alpha value is 0.110. The van der Waals surface area contributed by atoms with Gasteiger partial charge in [-0.1, -0.05) is 26.7 Å². The number of rotatable bonds is 5. The highest BCUT2D eigenvalue weighted by atomic mass is 32.2. The lowest BCUT2D eigenvalue weighted by Crippen LogP contribution is -2.33. The number of nitrogens with two attached hydrogens (primary N) is 1. The summed E-state index contributed by atoms with van der Waals surface area (Å²) in [6.07, 6.45) is 5.22. The van der Waals surface area contributed by atoms with Crippen molar-refractivity contribution >= 4 is 10.8 Å². The van der Waals surface area contributed by atoms with Crippen molar-refractivity contribution in [2.45, 2.75) is 45.6 Å². The average molecular weight is 217 g/mol. The van der Waals surface area contributed by atoms with Crippen LogP contribution in [0.2, 0.25) is 0 Å². The van der Waals surface area contributed by atoms with Crippen molar-refractivity contribution in [3.05, 3.63) is 0 Å². The van der Waals surface area contributed by atoms with Crippen LogP contribution in [0, 0.1) is 11.8 Å². The van der Waals surface area contributed by atoms with Gasteiger partial charge in [0.1, 0.15) is 0 Å². The lowest BCUT2D eigenvalue weighted by molar-refractivity contribution is 0.527. The van der Waals surface area contributed by atoms with E-state index < -0.39 is 10.8 Å². The molecule has 1 fully saturated rings. The summed E-state index contributed by atoms with van der Waals surface area (Å²) < 4.78 is 11.7. The van der Waals surface area contributed by atoms with Crippen LogP contribution in [0.4, 0.5) is 0 Å². The third-order valence-corrected chi connectivity index (χ3v) is 4.73. The van der Waals surface area contributed by atoms with Gasteiger partial charge in [-0.3, -0.25) is 4.21 Å². The van der Waals surface area contributed by atoms with Crippen molar-refractivity contribution < 1.29 is 4.21 Å². The molecule has 2 atom stereocenters. The summed E-state index contributed by atoms with van der Waals surface area (Å²) in [5.41, 5.74) is 5.90. The monoisotopic (exact) mass is 217 g/mol. The van der Waals surface area contributed by atoms with E-state index in [1.54, 1.807) is 0 Å². The van der Waals surface area contributed by atoms with Crippen LogP contribution in [-0.2, 0) is 10.8 Å². The Bertz CT molecular complexity index is 182. The second-order valence-electron chi connectivity index (χ2n) is 4.83. The molecule has 1 aliphatic carbocycles. The Labute approximate surface area is 90.1 Å². The zero-order valence-electron chi connectivity index (χ0n) is 9.37. The van der Waals surface area contributed by atoms with E-state index in [4.69, 9.17) is 5.73 Å². The molecule has 0 amide bonds. The normalized spacial score (nSPS) is 22.9. The highest BCUT2D eigenvalue weighted by molar-refractivity contribution is 7.85. The fraction of sp³-hybridized carbons (Fsp3) is 1.00.